The quantitative estimate of drug-likeness (QED) is 0.639. The van der Waals surface area contributed by atoms with E-state index in [4.69, 9.17) is 12.6 Å². The van der Waals surface area contributed by atoms with Crippen LogP contribution in [0.2, 0.25) is 0 Å². The Morgan fingerprint density at radius 1 is 0.923 bits per heavy atom. The van der Waals surface area contributed by atoms with Crippen molar-refractivity contribution in [1.82, 2.24) is 9.97 Å². The first-order valence-electron chi connectivity index (χ1n) is 3.91. The van der Waals surface area contributed by atoms with E-state index in [0.717, 1.165) is 10.5 Å². The number of hydrogen-bond acceptors (Lipinski definition) is 3. The van der Waals surface area contributed by atoms with E-state index in [9.17, 15) is 0 Å². The van der Waals surface area contributed by atoms with Crippen LogP contribution in [-0.2, 0) is 12.6 Å². The summed E-state index contributed by atoms with van der Waals surface area (Å²) in [7, 11) is 0. The smallest absolute Gasteiger partial charge is 0.157 e. The highest BCUT2D eigenvalue weighted by Crippen LogP contribution is 2.18. The lowest BCUT2D eigenvalue weighted by molar-refractivity contribution is 1.16. The lowest BCUT2D eigenvalue weighted by Crippen LogP contribution is -1.88. The number of hydrogen-bond donors (Lipinski definition) is 0. The van der Waals surface area contributed by atoms with E-state index in [1.807, 2.05) is 24.3 Å². The summed E-state index contributed by atoms with van der Waals surface area (Å²) in [6, 6.07) is 9.43. The van der Waals surface area contributed by atoms with Gasteiger partial charge in [0.05, 0.1) is 0 Å². The molecule has 0 amide bonds. The van der Waals surface area contributed by atoms with Crippen molar-refractivity contribution in [2.24, 2.45) is 0 Å². The SMILES string of the molecule is [S-]c1ccccc1-c1ncccn1. The molecule has 0 saturated carbocycles. The maximum absolute atomic E-state index is 5.15. The normalized spacial score (nSPS) is 9.85. The van der Waals surface area contributed by atoms with Gasteiger partial charge in [-0.15, -0.1) is 0 Å². The van der Waals surface area contributed by atoms with Gasteiger partial charge in [-0.1, -0.05) is 24.3 Å². The van der Waals surface area contributed by atoms with Gasteiger partial charge in [-0.3, -0.25) is 0 Å². The van der Waals surface area contributed by atoms with Crippen molar-refractivity contribution < 1.29 is 0 Å². The molecule has 0 bridgehead atoms. The highest BCUT2D eigenvalue weighted by atomic mass is 32.1. The Labute approximate surface area is 82.1 Å². The Morgan fingerprint density at radius 3 is 2.31 bits per heavy atom. The maximum atomic E-state index is 5.15. The molecule has 0 N–H and O–H groups in total. The van der Waals surface area contributed by atoms with E-state index >= 15 is 0 Å². The van der Waals surface area contributed by atoms with Crippen LogP contribution in [0.1, 0.15) is 0 Å². The number of benzene rings is 1. The number of nitrogens with zero attached hydrogens (tertiary/aromatic N) is 2. The molecule has 1 aromatic heterocycles. The Morgan fingerprint density at radius 2 is 1.62 bits per heavy atom. The predicted octanol–water partition coefficient (Wildman–Crippen LogP) is 2.05. The Balaban J connectivity index is 2.54. The molecule has 0 unspecified atom stereocenters. The van der Waals surface area contributed by atoms with Crippen molar-refractivity contribution in [3.8, 4) is 11.4 Å². The van der Waals surface area contributed by atoms with E-state index in [1.54, 1.807) is 18.5 Å². The van der Waals surface area contributed by atoms with Crippen LogP contribution < -0.4 is 0 Å². The average Bonchev–Trinajstić information content (AvgIpc) is 2.20. The monoisotopic (exact) mass is 187 g/mol. The molecule has 0 aliphatic heterocycles. The average molecular weight is 187 g/mol. The summed E-state index contributed by atoms with van der Waals surface area (Å²) in [6.07, 6.45) is 3.42. The molecule has 0 saturated heterocycles. The lowest BCUT2D eigenvalue weighted by Gasteiger charge is -2.10. The molecular weight excluding hydrogens is 180 g/mol. The summed E-state index contributed by atoms with van der Waals surface area (Å²) in [4.78, 5) is 9.05. The van der Waals surface area contributed by atoms with Gasteiger partial charge in [-0.05, 0) is 6.07 Å². The summed E-state index contributed by atoms with van der Waals surface area (Å²) >= 11 is 5.15. The fraction of sp³-hybridized carbons (Fsp3) is 0. The van der Waals surface area contributed by atoms with E-state index in [0.29, 0.717) is 5.82 Å². The molecule has 0 radical (unpaired) electrons. The van der Waals surface area contributed by atoms with Crippen LogP contribution >= 0.6 is 0 Å². The third-order valence-electron chi connectivity index (χ3n) is 1.69. The van der Waals surface area contributed by atoms with E-state index in [2.05, 4.69) is 9.97 Å². The summed E-state index contributed by atoms with van der Waals surface area (Å²) in [5.74, 6) is 0.688. The molecule has 1 heterocycles. The van der Waals surface area contributed by atoms with Gasteiger partial charge in [0, 0.05) is 18.0 Å². The van der Waals surface area contributed by atoms with Crippen molar-refractivity contribution in [3.05, 3.63) is 42.7 Å². The van der Waals surface area contributed by atoms with E-state index in [1.165, 1.54) is 0 Å². The second-order valence-corrected chi connectivity index (χ2v) is 3.01. The van der Waals surface area contributed by atoms with Crippen LogP contribution in [0.3, 0.4) is 0 Å². The van der Waals surface area contributed by atoms with Gasteiger partial charge in [0.2, 0.25) is 0 Å². The third-order valence-corrected chi connectivity index (χ3v) is 2.05. The highest BCUT2D eigenvalue weighted by Gasteiger charge is 1.97. The van der Waals surface area contributed by atoms with Gasteiger partial charge in [0.25, 0.3) is 0 Å². The Kier molecular flexibility index (Phi) is 2.19. The molecule has 13 heavy (non-hydrogen) atoms. The zero-order valence-electron chi connectivity index (χ0n) is 6.84. The van der Waals surface area contributed by atoms with Gasteiger partial charge in [0.15, 0.2) is 5.82 Å². The minimum absolute atomic E-state index is 0.688. The summed E-state index contributed by atoms with van der Waals surface area (Å²) in [6.45, 7) is 0. The number of rotatable bonds is 1. The topological polar surface area (TPSA) is 25.8 Å². The molecule has 2 nitrogen and oxygen atoms in total. The van der Waals surface area contributed by atoms with Gasteiger partial charge in [-0.25, -0.2) is 9.97 Å². The maximum Gasteiger partial charge on any atom is 0.157 e. The van der Waals surface area contributed by atoms with Crippen molar-refractivity contribution in [3.63, 3.8) is 0 Å². The summed E-state index contributed by atoms with van der Waals surface area (Å²) in [5.41, 5.74) is 0.915. The van der Waals surface area contributed by atoms with Gasteiger partial charge in [-0.2, -0.15) is 4.90 Å². The second kappa shape index (κ2) is 3.49. The molecule has 2 rings (SSSR count). The molecule has 2 aromatic rings. The van der Waals surface area contributed by atoms with Crippen LogP contribution in [0, 0.1) is 0 Å². The van der Waals surface area contributed by atoms with E-state index in [-0.39, 0.29) is 0 Å². The number of aromatic nitrogens is 2. The summed E-state index contributed by atoms with van der Waals surface area (Å²) in [5, 5.41) is 0. The highest BCUT2D eigenvalue weighted by molar-refractivity contribution is 7.59. The molecular formula is C10H7N2S-. The van der Waals surface area contributed by atoms with Crippen LogP contribution in [0.15, 0.2) is 47.6 Å². The lowest BCUT2D eigenvalue weighted by atomic mass is 10.2. The van der Waals surface area contributed by atoms with Crippen LogP contribution in [0.5, 0.6) is 0 Å². The molecule has 0 atom stereocenters. The second-order valence-electron chi connectivity index (χ2n) is 2.57. The van der Waals surface area contributed by atoms with Crippen molar-refractivity contribution in [2.75, 3.05) is 0 Å². The predicted molar refractivity (Wildman–Crippen MR) is 53.1 cm³/mol. The largest absolute Gasteiger partial charge is 0.779 e. The fourth-order valence-electron chi connectivity index (χ4n) is 1.09. The first-order chi connectivity index (χ1) is 6.38. The molecule has 0 fully saturated rings. The molecule has 0 aliphatic rings. The zero-order chi connectivity index (χ0) is 9.10. The Bertz CT molecular complexity index is 401. The first-order valence-corrected chi connectivity index (χ1v) is 4.32. The third kappa shape index (κ3) is 1.65. The molecule has 0 spiro atoms. The van der Waals surface area contributed by atoms with Gasteiger partial charge in [0.1, 0.15) is 0 Å². The van der Waals surface area contributed by atoms with Gasteiger partial charge < -0.3 is 12.6 Å². The summed E-state index contributed by atoms with van der Waals surface area (Å²) < 4.78 is 0. The van der Waals surface area contributed by atoms with Gasteiger partial charge >= 0.3 is 0 Å². The van der Waals surface area contributed by atoms with Crippen molar-refractivity contribution in [2.45, 2.75) is 4.90 Å². The van der Waals surface area contributed by atoms with Crippen LogP contribution in [0.25, 0.3) is 11.4 Å². The van der Waals surface area contributed by atoms with Crippen molar-refractivity contribution >= 4 is 12.6 Å². The fourth-order valence-corrected chi connectivity index (χ4v) is 1.33. The van der Waals surface area contributed by atoms with Crippen LogP contribution in [0.4, 0.5) is 0 Å². The molecule has 64 valence electrons. The minimum atomic E-state index is 0.688. The molecule has 0 aliphatic carbocycles. The zero-order valence-corrected chi connectivity index (χ0v) is 7.66. The Hall–Kier alpha value is -1.48. The standard InChI is InChI=1S/C10H8N2S/c13-9-5-2-1-4-8(9)10-11-6-3-7-12-10/h1-7,13H/p-1. The molecule has 1 aromatic carbocycles. The van der Waals surface area contributed by atoms with Crippen LogP contribution in [-0.4, -0.2) is 9.97 Å². The van der Waals surface area contributed by atoms with E-state index < -0.39 is 0 Å². The first kappa shape index (κ1) is 8.13. The van der Waals surface area contributed by atoms with Crippen molar-refractivity contribution in [1.29, 1.82) is 0 Å². The molecule has 3 heteroatoms. The minimum Gasteiger partial charge on any atom is -0.779 e.